The van der Waals surface area contributed by atoms with Crippen LogP contribution >= 0.6 is 0 Å². The van der Waals surface area contributed by atoms with Crippen molar-refractivity contribution in [2.24, 2.45) is 0 Å². The van der Waals surface area contributed by atoms with Crippen molar-refractivity contribution in [3.05, 3.63) is 59.7 Å². The molecule has 0 atom stereocenters. The molecule has 0 unspecified atom stereocenters. The van der Waals surface area contributed by atoms with Gasteiger partial charge in [0.2, 0.25) is 5.82 Å². The van der Waals surface area contributed by atoms with E-state index in [-0.39, 0.29) is 18.3 Å². The van der Waals surface area contributed by atoms with Gasteiger partial charge in [-0.3, -0.25) is 4.79 Å². The number of hydrogen-bond donors (Lipinski definition) is 1. The lowest BCUT2D eigenvalue weighted by Crippen LogP contribution is -2.21. The van der Waals surface area contributed by atoms with Crippen molar-refractivity contribution in [1.82, 2.24) is 10.3 Å². The normalized spacial score (nSPS) is 10.4. The molecule has 2 aromatic carbocycles. The van der Waals surface area contributed by atoms with Crippen LogP contribution < -0.4 is 10.1 Å². The Bertz CT molecular complexity index is 841. The maximum Gasteiger partial charge on any atom is 0.263 e. The highest BCUT2D eigenvalue weighted by atomic mass is 16.6. The summed E-state index contributed by atoms with van der Waals surface area (Å²) in [5.41, 5.74) is 3.40. The molecule has 122 valence electrons. The number of rotatable bonds is 5. The van der Waals surface area contributed by atoms with Gasteiger partial charge in [-0.25, -0.2) is 4.63 Å². The summed E-state index contributed by atoms with van der Waals surface area (Å²) in [7, 11) is 0. The van der Waals surface area contributed by atoms with Crippen molar-refractivity contribution in [3.8, 4) is 17.0 Å². The number of carbonyl (C=O) groups is 1. The molecule has 0 radical (unpaired) electrons. The van der Waals surface area contributed by atoms with E-state index in [9.17, 15) is 4.79 Å². The van der Waals surface area contributed by atoms with Crippen molar-refractivity contribution in [1.29, 1.82) is 0 Å². The molecule has 6 heteroatoms. The van der Waals surface area contributed by atoms with Crippen LogP contribution in [0.2, 0.25) is 0 Å². The summed E-state index contributed by atoms with van der Waals surface area (Å²) < 4.78 is 10.3. The zero-order valence-electron chi connectivity index (χ0n) is 13.4. The molecular formula is C18H17N3O3. The van der Waals surface area contributed by atoms with Crippen molar-refractivity contribution >= 4 is 11.7 Å². The molecule has 0 saturated heterocycles. The number of aromatic nitrogens is 2. The average molecular weight is 323 g/mol. The minimum Gasteiger partial charge on any atom is -0.483 e. The van der Waals surface area contributed by atoms with E-state index in [2.05, 4.69) is 15.6 Å². The summed E-state index contributed by atoms with van der Waals surface area (Å²) in [5, 5.41) is 10.3. The molecule has 1 aromatic heterocycles. The Labute approximate surface area is 139 Å². The average Bonchev–Trinajstić information content (AvgIpc) is 3.03. The van der Waals surface area contributed by atoms with Crippen LogP contribution in [0.3, 0.4) is 0 Å². The maximum atomic E-state index is 12.1. The third-order valence-corrected chi connectivity index (χ3v) is 3.52. The Kier molecular flexibility index (Phi) is 4.56. The van der Waals surface area contributed by atoms with Crippen molar-refractivity contribution < 1.29 is 14.2 Å². The molecule has 24 heavy (non-hydrogen) atoms. The number of nitrogens with zero attached hydrogens (tertiary/aromatic N) is 2. The van der Waals surface area contributed by atoms with Crippen molar-refractivity contribution in [3.63, 3.8) is 0 Å². The molecule has 0 bridgehead atoms. The number of amides is 1. The quantitative estimate of drug-likeness (QED) is 0.779. The first kappa shape index (κ1) is 15.7. The Hall–Kier alpha value is -3.15. The molecule has 0 fully saturated rings. The predicted molar refractivity (Wildman–Crippen MR) is 89.8 cm³/mol. The third kappa shape index (κ3) is 3.60. The summed E-state index contributed by atoms with van der Waals surface area (Å²) in [5.74, 6) is 0.615. The van der Waals surface area contributed by atoms with Gasteiger partial charge in [0.15, 0.2) is 12.3 Å². The predicted octanol–water partition coefficient (Wildman–Crippen LogP) is 3.37. The number of carbonyl (C=O) groups excluding carboxylic acids is 1. The summed E-state index contributed by atoms with van der Waals surface area (Å²) in [6.07, 6.45) is 0. The smallest absolute Gasteiger partial charge is 0.263 e. The second-order valence-corrected chi connectivity index (χ2v) is 5.43. The molecule has 1 N–H and O–H groups in total. The van der Waals surface area contributed by atoms with Gasteiger partial charge in [0.25, 0.3) is 5.91 Å². The van der Waals surface area contributed by atoms with Gasteiger partial charge < -0.3 is 10.1 Å². The molecule has 0 aliphatic carbocycles. The topological polar surface area (TPSA) is 77.3 Å². The second-order valence-electron chi connectivity index (χ2n) is 5.43. The van der Waals surface area contributed by atoms with Crippen LogP contribution in [0, 0.1) is 13.8 Å². The molecule has 1 heterocycles. The lowest BCUT2D eigenvalue weighted by Gasteiger charge is -2.08. The van der Waals surface area contributed by atoms with Gasteiger partial charge in [-0.2, -0.15) is 0 Å². The lowest BCUT2D eigenvalue weighted by atomic mass is 10.1. The first-order chi connectivity index (χ1) is 11.6. The van der Waals surface area contributed by atoms with Crippen LogP contribution in [-0.4, -0.2) is 22.8 Å². The Morgan fingerprint density at radius 1 is 1.08 bits per heavy atom. The molecule has 0 spiro atoms. The first-order valence-corrected chi connectivity index (χ1v) is 7.51. The van der Waals surface area contributed by atoms with E-state index >= 15 is 0 Å². The lowest BCUT2D eigenvalue weighted by molar-refractivity contribution is -0.118. The molecule has 0 saturated carbocycles. The molecule has 0 aliphatic heterocycles. The van der Waals surface area contributed by atoms with Crippen LogP contribution in [0.25, 0.3) is 11.3 Å². The fourth-order valence-corrected chi connectivity index (χ4v) is 2.20. The highest BCUT2D eigenvalue weighted by Crippen LogP contribution is 2.24. The Morgan fingerprint density at radius 2 is 1.83 bits per heavy atom. The van der Waals surface area contributed by atoms with Gasteiger partial charge in [0, 0.05) is 5.56 Å². The van der Waals surface area contributed by atoms with E-state index in [4.69, 9.17) is 9.37 Å². The molecule has 3 aromatic rings. The maximum absolute atomic E-state index is 12.1. The van der Waals surface area contributed by atoms with Crippen molar-refractivity contribution in [2.75, 3.05) is 11.9 Å². The molecule has 0 aliphatic rings. The SMILES string of the molecule is Cc1ccc(-c2nonc2NC(=O)COc2ccccc2C)cc1. The standard InChI is InChI=1S/C18H17N3O3/c1-12-7-9-14(10-8-12)17-18(21-24-20-17)19-16(22)11-23-15-6-4-3-5-13(15)2/h3-10H,11H2,1-2H3,(H,19,21,22). The summed E-state index contributed by atoms with van der Waals surface area (Å²) in [6, 6.07) is 15.2. The van der Waals surface area contributed by atoms with E-state index in [1.807, 2.05) is 62.4 Å². The molecule has 6 nitrogen and oxygen atoms in total. The van der Waals surface area contributed by atoms with E-state index in [1.54, 1.807) is 0 Å². The van der Waals surface area contributed by atoms with E-state index < -0.39 is 0 Å². The van der Waals surface area contributed by atoms with Crippen LogP contribution in [0.5, 0.6) is 5.75 Å². The summed E-state index contributed by atoms with van der Waals surface area (Å²) in [6.45, 7) is 3.80. The Morgan fingerprint density at radius 3 is 2.58 bits per heavy atom. The van der Waals surface area contributed by atoms with E-state index in [0.717, 1.165) is 16.7 Å². The molecule has 3 rings (SSSR count). The van der Waals surface area contributed by atoms with E-state index in [1.165, 1.54) is 0 Å². The monoisotopic (exact) mass is 323 g/mol. The van der Waals surface area contributed by atoms with E-state index in [0.29, 0.717) is 11.4 Å². The van der Waals surface area contributed by atoms with Crippen LogP contribution in [-0.2, 0) is 4.79 Å². The number of para-hydroxylation sites is 1. The van der Waals surface area contributed by atoms with Gasteiger partial charge in [0.05, 0.1) is 0 Å². The highest BCUT2D eigenvalue weighted by Gasteiger charge is 2.15. The first-order valence-electron chi connectivity index (χ1n) is 7.51. The number of benzene rings is 2. The number of nitrogens with one attached hydrogen (secondary N) is 1. The minimum absolute atomic E-state index is 0.120. The fraction of sp³-hybridized carbons (Fsp3) is 0.167. The number of hydrogen-bond acceptors (Lipinski definition) is 5. The zero-order valence-corrected chi connectivity index (χ0v) is 13.4. The summed E-state index contributed by atoms with van der Waals surface area (Å²) in [4.78, 5) is 12.1. The van der Waals surface area contributed by atoms with Gasteiger partial charge in [-0.15, -0.1) is 0 Å². The summed E-state index contributed by atoms with van der Waals surface area (Å²) >= 11 is 0. The molecule has 1 amide bonds. The largest absolute Gasteiger partial charge is 0.483 e. The van der Waals surface area contributed by atoms with Crippen molar-refractivity contribution in [2.45, 2.75) is 13.8 Å². The third-order valence-electron chi connectivity index (χ3n) is 3.52. The minimum atomic E-state index is -0.331. The zero-order chi connectivity index (χ0) is 16.9. The number of ether oxygens (including phenoxy) is 1. The second kappa shape index (κ2) is 6.95. The van der Waals surface area contributed by atoms with Crippen LogP contribution in [0.1, 0.15) is 11.1 Å². The van der Waals surface area contributed by atoms with Gasteiger partial charge in [-0.1, -0.05) is 48.0 Å². The van der Waals surface area contributed by atoms with Gasteiger partial charge in [0.1, 0.15) is 5.75 Å². The fourth-order valence-electron chi connectivity index (χ4n) is 2.20. The number of aryl methyl sites for hydroxylation is 2. The van der Waals surface area contributed by atoms with Crippen LogP contribution in [0.15, 0.2) is 53.2 Å². The number of anilines is 1. The van der Waals surface area contributed by atoms with Crippen LogP contribution in [0.4, 0.5) is 5.82 Å². The van der Waals surface area contributed by atoms with Gasteiger partial charge in [-0.05, 0) is 35.8 Å². The molecular weight excluding hydrogens is 306 g/mol. The highest BCUT2D eigenvalue weighted by molar-refractivity contribution is 5.94. The van der Waals surface area contributed by atoms with Gasteiger partial charge >= 0.3 is 0 Å². The Balaban J connectivity index is 1.66.